The number of carbonyl (C=O) groups is 3. The standard InChI is InChI=1S/C18H15F3N2O5/c19-18(20,21)28-14-8-6-13(7-9-14)23-15(24)11-27-16(25)10-22-17(26)12-4-2-1-3-5-12/h1-9H,10-11H2,(H,22,26)(H,23,24). The molecule has 2 amide bonds. The lowest BCUT2D eigenvalue weighted by Crippen LogP contribution is -2.32. The molecule has 0 aliphatic carbocycles. The molecule has 10 heteroatoms. The largest absolute Gasteiger partial charge is 0.573 e. The molecule has 2 aromatic carbocycles. The maximum absolute atomic E-state index is 12.1. The van der Waals surface area contributed by atoms with Gasteiger partial charge >= 0.3 is 12.3 Å². The lowest BCUT2D eigenvalue weighted by atomic mass is 10.2. The first-order valence-corrected chi connectivity index (χ1v) is 7.87. The SMILES string of the molecule is O=C(COC(=O)CNC(=O)c1ccccc1)Nc1ccc(OC(F)(F)F)cc1. The predicted octanol–water partition coefficient (Wildman–Crippen LogP) is 2.50. The highest BCUT2D eigenvalue weighted by Gasteiger charge is 2.30. The zero-order valence-corrected chi connectivity index (χ0v) is 14.3. The maximum atomic E-state index is 12.1. The summed E-state index contributed by atoms with van der Waals surface area (Å²) in [6.07, 6.45) is -4.81. The third-order valence-corrected chi connectivity index (χ3v) is 3.17. The van der Waals surface area contributed by atoms with Crippen molar-refractivity contribution >= 4 is 23.5 Å². The topological polar surface area (TPSA) is 93.7 Å². The lowest BCUT2D eigenvalue weighted by molar-refractivity contribution is -0.274. The molecule has 0 saturated heterocycles. The highest BCUT2D eigenvalue weighted by Crippen LogP contribution is 2.23. The van der Waals surface area contributed by atoms with Gasteiger partial charge in [-0.15, -0.1) is 13.2 Å². The molecule has 28 heavy (non-hydrogen) atoms. The van der Waals surface area contributed by atoms with Gasteiger partial charge in [-0.1, -0.05) is 18.2 Å². The molecule has 0 saturated carbocycles. The Bertz CT molecular complexity index is 823. The average Bonchev–Trinajstić information content (AvgIpc) is 2.65. The molecule has 2 rings (SSSR count). The van der Waals surface area contributed by atoms with Gasteiger partial charge in [-0.05, 0) is 36.4 Å². The fourth-order valence-corrected chi connectivity index (χ4v) is 1.98. The van der Waals surface area contributed by atoms with Crippen LogP contribution in [0.1, 0.15) is 10.4 Å². The lowest BCUT2D eigenvalue weighted by Gasteiger charge is -2.10. The molecule has 148 valence electrons. The van der Waals surface area contributed by atoms with Gasteiger partial charge in [0.1, 0.15) is 12.3 Å². The number of esters is 1. The zero-order valence-electron chi connectivity index (χ0n) is 14.3. The molecule has 0 aliphatic rings. The third kappa shape index (κ3) is 7.36. The van der Waals surface area contributed by atoms with Crippen molar-refractivity contribution in [2.75, 3.05) is 18.5 Å². The predicted molar refractivity (Wildman–Crippen MR) is 91.5 cm³/mol. The zero-order chi connectivity index (χ0) is 20.6. The van der Waals surface area contributed by atoms with Gasteiger partial charge in [-0.3, -0.25) is 14.4 Å². The van der Waals surface area contributed by atoms with Gasteiger partial charge in [-0.25, -0.2) is 0 Å². The van der Waals surface area contributed by atoms with Crippen molar-refractivity contribution in [3.05, 3.63) is 60.2 Å². The monoisotopic (exact) mass is 396 g/mol. The van der Waals surface area contributed by atoms with E-state index >= 15 is 0 Å². The van der Waals surface area contributed by atoms with E-state index in [4.69, 9.17) is 4.74 Å². The van der Waals surface area contributed by atoms with Crippen LogP contribution in [0.25, 0.3) is 0 Å². The number of benzene rings is 2. The molecule has 7 nitrogen and oxygen atoms in total. The third-order valence-electron chi connectivity index (χ3n) is 3.17. The number of halogens is 3. The number of hydrogen-bond donors (Lipinski definition) is 2. The van der Waals surface area contributed by atoms with E-state index in [9.17, 15) is 27.6 Å². The summed E-state index contributed by atoms with van der Waals surface area (Å²) in [5, 5.41) is 4.68. The molecule has 0 fully saturated rings. The molecule has 0 radical (unpaired) electrons. The summed E-state index contributed by atoms with van der Waals surface area (Å²) >= 11 is 0. The maximum Gasteiger partial charge on any atom is 0.573 e. The van der Waals surface area contributed by atoms with E-state index in [0.717, 1.165) is 12.1 Å². The molecule has 2 aromatic rings. The van der Waals surface area contributed by atoms with Gasteiger partial charge in [-0.2, -0.15) is 0 Å². The van der Waals surface area contributed by atoms with Crippen LogP contribution in [-0.2, 0) is 14.3 Å². The van der Waals surface area contributed by atoms with Crippen LogP contribution in [0.15, 0.2) is 54.6 Å². The Kier molecular flexibility index (Phi) is 6.96. The molecule has 2 N–H and O–H groups in total. The van der Waals surface area contributed by atoms with Crippen molar-refractivity contribution in [2.24, 2.45) is 0 Å². The van der Waals surface area contributed by atoms with Crippen molar-refractivity contribution < 1.29 is 37.0 Å². The minimum absolute atomic E-state index is 0.188. The molecule has 0 heterocycles. The number of rotatable bonds is 7. The minimum atomic E-state index is -4.81. The molecule has 0 aliphatic heterocycles. The Morgan fingerprint density at radius 3 is 2.18 bits per heavy atom. The van der Waals surface area contributed by atoms with Gasteiger partial charge in [0.25, 0.3) is 11.8 Å². The number of nitrogens with one attached hydrogen (secondary N) is 2. The Morgan fingerprint density at radius 1 is 0.929 bits per heavy atom. The summed E-state index contributed by atoms with van der Waals surface area (Å²) in [7, 11) is 0. The first-order chi connectivity index (χ1) is 13.2. The highest BCUT2D eigenvalue weighted by atomic mass is 19.4. The van der Waals surface area contributed by atoms with E-state index in [0.29, 0.717) is 5.56 Å². The van der Waals surface area contributed by atoms with E-state index in [-0.39, 0.29) is 5.69 Å². The summed E-state index contributed by atoms with van der Waals surface area (Å²) in [4.78, 5) is 35.0. The second-order valence-corrected chi connectivity index (χ2v) is 5.33. The molecule has 0 aromatic heterocycles. The van der Waals surface area contributed by atoms with E-state index in [1.165, 1.54) is 12.1 Å². The number of carbonyl (C=O) groups excluding carboxylic acids is 3. The smallest absolute Gasteiger partial charge is 0.454 e. The van der Waals surface area contributed by atoms with Crippen molar-refractivity contribution in [3.8, 4) is 5.75 Å². The molecule has 0 atom stereocenters. The first kappa shape index (κ1) is 20.7. The van der Waals surface area contributed by atoms with Gasteiger partial charge in [0.05, 0.1) is 0 Å². The number of ether oxygens (including phenoxy) is 2. The van der Waals surface area contributed by atoms with Crippen LogP contribution in [-0.4, -0.2) is 37.3 Å². The van der Waals surface area contributed by atoms with Crippen LogP contribution in [0.5, 0.6) is 5.75 Å². The van der Waals surface area contributed by atoms with Gasteiger partial charge in [0.2, 0.25) is 0 Å². The van der Waals surface area contributed by atoms with Crippen LogP contribution < -0.4 is 15.4 Å². The molecule has 0 unspecified atom stereocenters. The van der Waals surface area contributed by atoms with Gasteiger partial charge < -0.3 is 20.1 Å². The number of alkyl halides is 3. The Labute approximate surface area is 157 Å². The summed E-state index contributed by atoms with van der Waals surface area (Å²) in [5.41, 5.74) is 0.555. The van der Waals surface area contributed by atoms with Crippen LogP contribution in [0.4, 0.5) is 18.9 Å². The second kappa shape index (κ2) is 9.40. The van der Waals surface area contributed by atoms with Crippen molar-refractivity contribution in [3.63, 3.8) is 0 Å². The summed E-state index contributed by atoms with van der Waals surface area (Å²) in [6, 6.07) is 12.6. The molecule has 0 bridgehead atoms. The van der Waals surface area contributed by atoms with Gasteiger partial charge in [0.15, 0.2) is 6.61 Å². The quantitative estimate of drug-likeness (QED) is 0.702. The van der Waals surface area contributed by atoms with Crippen LogP contribution in [0.3, 0.4) is 0 Å². The van der Waals surface area contributed by atoms with Crippen molar-refractivity contribution in [2.45, 2.75) is 6.36 Å². The number of hydrogen-bond acceptors (Lipinski definition) is 5. The fraction of sp³-hybridized carbons (Fsp3) is 0.167. The van der Waals surface area contributed by atoms with Crippen LogP contribution >= 0.6 is 0 Å². The van der Waals surface area contributed by atoms with E-state index in [1.807, 2.05) is 0 Å². The molecular formula is C18H15F3N2O5. The van der Waals surface area contributed by atoms with Gasteiger partial charge in [0, 0.05) is 11.3 Å². The fourth-order valence-electron chi connectivity index (χ4n) is 1.98. The number of anilines is 1. The Balaban J connectivity index is 1.71. The number of amides is 2. The Morgan fingerprint density at radius 2 is 1.57 bits per heavy atom. The second-order valence-electron chi connectivity index (χ2n) is 5.33. The van der Waals surface area contributed by atoms with E-state index in [1.54, 1.807) is 30.3 Å². The van der Waals surface area contributed by atoms with Crippen LogP contribution in [0.2, 0.25) is 0 Å². The molecule has 0 spiro atoms. The minimum Gasteiger partial charge on any atom is -0.454 e. The van der Waals surface area contributed by atoms with Crippen molar-refractivity contribution in [1.29, 1.82) is 0 Å². The van der Waals surface area contributed by atoms with E-state index in [2.05, 4.69) is 15.4 Å². The first-order valence-electron chi connectivity index (χ1n) is 7.87. The van der Waals surface area contributed by atoms with Crippen LogP contribution in [0, 0.1) is 0 Å². The Hall–Kier alpha value is -3.56. The van der Waals surface area contributed by atoms with Crippen molar-refractivity contribution in [1.82, 2.24) is 5.32 Å². The average molecular weight is 396 g/mol. The summed E-state index contributed by atoms with van der Waals surface area (Å²) in [6.45, 7) is -1.05. The van der Waals surface area contributed by atoms with E-state index < -0.39 is 43.0 Å². The summed E-state index contributed by atoms with van der Waals surface area (Å²) in [5.74, 6) is -2.44. The highest BCUT2D eigenvalue weighted by molar-refractivity contribution is 5.96. The molecular weight excluding hydrogens is 381 g/mol. The normalized spacial score (nSPS) is 10.7. The summed E-state index contributed by atoms with van der Waals surface area (Å²) < 4.78 is 44.6.